The Morgan fingerprint density at radius 1 is 1.29 bits per heavy atom. The van der Waals surface area contributed by atoms with Crippen LogP contribution in [0.2, 0.25) is 0 Å². The summed E-state index contributed by atoms with van der Waals surface area (Å²) in [6, 6.07) is 0.716. The van der Waals surface area contributed by atoms with Gasteiger partial charge in [0.05, 0.1) is 6.54 Å². The molecule has 1 amide bonds. The zero-order valence-corrected chi connectivity index (χ0v) is 9.89. The highest BCUT2D eigenvalue weighted by molar-refractivity contribution is 5.78. The van der Waals surface area contributed by atoms with Crippen LogP contribution in [0.5, 0.6) is 0 Å². The molecule has 0 aliphatic rings. The molecule has 0 heterocycles. The Balaban J connectivity index is 3.62. The van der Waals surface area contributed by atoms with Gasteiger partial charge in [0.1, 0.15) is 0 Å². The first kappa shape index (κ1) is 13.4. The van der Waals surface area contributed by atoms with Gasteiger partial charge in [-0.2, -0.15) is 0 Å². The van der Waals surface area contributed by atoms with Crippen molar-refractivity contribution < 1.29 is 4.79 Å². The smallest absolute Gasteiger partial charge is 0.234 e. The van der Waals surface area contributed by atoms with Gasteiger partial charge >= 0.3 is 0 Å². The van der Waals surface area contributed by atoms with Crippen LogP contribution in [0.15, 0.2) is 0 Å². The molecule has 0 spiro atoms. The molecule has 0 fully saturated rings. The molecule has 3 nitrogen and oxygen atoms in total. The van der Waals surface area contributed by atoms with E-state index in [0.717, 1.165) is 19.3 Å². The van der Waals surface area contributed by atoms with Gasteiger partial charge in [-0.3, -0.25) is 4.79 Å². The minimum Gasteiger partial charge on any atom is -0.353 e. The van der Waals surface area contributed by atoms with Gasteiger partial charge in [0.15, 0.2) is 0 Å². The summed E-state index contributed by atoms with van der Waals surface area (Å²) < 4.78 is 0. The first-order valence-corrected chi connectivity index (χ1v) is 5.62. The van der Waals surface area contributed by atoms with Crippen molar-refractivity contribution in [2.45, 2.75) is 59.0 Å². The fraction of sp³-hybridized carbons (Fsp3) is 0.909. The van der Waals surface area contributed by atoms with Crippen LogP contribution in [0.1, 0.15) is 47.0 Å². The molecule has 1 unspecified atom stereocenters. The lowest BCUT2D eigenvalue weighted by molar-refractivity contribution is -0.120. The maximum Gasteiger partial charge on any atom is 0.234 e. The number of nitrogens with one attached hydrogen (secondary N) is 2. The van der Waals surface area contributed by atoms with E-state index in [2.05, 4.69) is 24.5 Å². The minimum absolute atomic E-state index is 0.0922. The van der Waals surface area contributed by atoms with E-state index in [1.807, 2.05) is 13.8 Å². The van der Waals surface area contributed by atoms with Crippen LogP contribution in [0.3, 0.4) is 0 Å². The van der Waals surface area contributed by atoms with Gasteiger partial charge in [-0.15, -0.1) is 0 Å². The van der Waals surface area contributed by atoms with Gasteiger partial charge in [0.25, 0.3) is 0 Å². The summed E-state index contributed by atoms with van der Waals surface area (Å²) in [5, 5.41) is 6.13. The highest BCUT2D eigenvalue weighted by Gasteiger charge is 2.07. The first-order valence-electron chi connectivity index (χ1n) is 5.62. The van der Waals surface area contributed by atoms with Crippen LogP contribution >= 0.6 is 0 Å². The molecule has 2 N–H and O–H groups in total. The second kappa shape index (κ2) is 7.80. The van der Waals surface area contributed by atoms with Gasteiger partial charge in [-0.05, 0) is 26.7 Å². The van der Waals surface area contributed by atoms with Crippen molar-refractivity contribution in [3.8, 4) is 0 Å². The van der Waals surface area contributed by atoms with Gasteiger partial charge in [0.2, 0.25) is 5.91 Å². The molecule has 0 bridgehead atoms. The summed E-state index contributed by atoms with van der Waals surface area (Å²) in [5.41, 5.74) is 0. The normalized spacial score (nSPS) is 12.9. The zero-order valence-electron chi connectivity index (χ0n) is 9.89. The lowest BCUT2D eigenvalue weighted by Crippen LogP contribution is -2.41. The van der Waals surface area contributed by atoms with E-state index in [-0.39, 0.29) is 11.9 Å². The second-order valence-corrected chi connectivity index (χ2v) is 4.00. The van der Waals surface area contributed by atoms with Crippen LogP contribution < -0.4 is 10.6 Å². The number of hydrogen-bond donors (Lipinski definition) is 2. The van der Waals surface area contributed by atoms with Crippen LogP contribution in [-0.4, -0.2) is 24.5 Å². The Hall–Kier alpha value is -0.570. The zero-order chi connectivity index (χ0) is 11.0. The van der Waals surface area contributed by atoms with Gasteiger partial charge in [0, 0.05) is 12.1 Å². The third kappa shape index (κ3) is 6.89. The topological polar surface area (TPSA) is 41.1 Å². The predicted molar refractivity (Wildman–Crippen MR) is 60.3 cm³/mol. The Bertz CT molecular complexity index is 157. The minimum atomic E-state index is 0.0922. The summed E-state index contributed by atoms with van der Waals surface area (Å²) in [6.07, 6.45) is 3.39. The monoisotopic (exact) mass is 200 g/mol. The molecule has 3 heteroatoms. The van der Waals surface area contributed by atoms with Crippen molar-refractivity contribution in [2.75, 3.05) is 6.54 Å². The van der Waals surface area contributed by atoms with Crippen LogP contribution in [-0.2, 0) is 4.79 Å². The molecule has 0 aromatic carbocycles. The van der Waals surface area contributed by atoms with Crippen molar-refractivity contribution in [2.24, 2.45) is 0 Å². The van der Waals surface area contributed by atoms with Crippen LogP contribution in [0.25, 0.3) is 0 Å². The predicted octanol–water partition coefficient (Wildman–Crippen LogP) is 1.68. The third-order valence-electron chi connectivity index (χ3n) is 2.13. The lowest BCUT2D eigenvalue weighted by Gasteiger charge is -2.16. The molecule has 0 saturated carbocycles. The van der Waals surface area contributed by atoms with Crippen molar-refractivity contribution in [3.05, 3.63) is 0 Å². The standard InChI is InChI=1S/C11H24N2O/c1-5-7-10(6-2)12-8-11(14)13-9(3)4/h9-10,12H,5-8H2,1-4H3,(H,13,14). The van der Waals surface area contributed by atoms with E-state index >= 15 is 0 Å². The van der Waals surface area contributed by atoms with Crippen LogP contribution in [0.4, 0.5) is 0 Å². The summed E-state index contributed by atoms with van der Waals surface area (Å²) in [7, 11) is 0. The Labute approximate surface area is 87.6 Å². The molecule has 0 radical (unpaired) electrons. The third-order valence-corrected chi connectivity index (χ3v) is 2.13. The summed E-state index contributed by atoms with van der Waals surface area (Å²) in [4.78, 5) is 11.3. The van der Waals surface area contributed by atoms with Gasteiger partial charge in [-0.25, -0.2) is 0 Å². The first-order chi connectivity index (χ1) is 6.60. The summed E-state index contributed by atoms with van der Waals surface area (Å²) in [6.45, 7) is 8.70. The maximum atomic E-state index is 11.3. The quantitative estimate of drug-likeness (QED) is 0.656. The Morgan fingerprint density at radius 3 is 2.36 bits per heavy atom. The number of rotatable bonds is 7. The summed E-state index contributed by atoms with van der Waals surface area (Å²) in [5.74, 6) is 0.0922. The number of hydrogen-bond acceptors (Lipinski definition) is 2. The molecular formula is C11H24N2O. The molecule has 1 atom stereocenters. The highest BCUT2D eigenvalue weighted by Crippen LogP contribution is 1.99. The van der Waals surface area contributed by atoms with E-state index < -0.39 is 0 Å². The number of carbonyl (C=O) groups excluding carboxylic acids is 1. The average molecular weight is 200 g/mol. The van der Waals surface area contributed by atoms with Crippen molar-refractivity contribution >= 4 is 5.91 Å². The number of amides is 1. The fourth-order valence-electron chi connectivity index (χ4n) is 1.41. The van der Waals surface area contributed by atoms with E-state index in [1.165, 1.54) is 0 Å². The van der Waals surface area contributed by atoms with Crippen LogP contribution in [0, 0.1) is 0 Å². The SMILES string of the molecule is CCCC(CC)NCC(=O)NC(C)C. The molecule has 0 aliphatic carbocycles. The van der Waals surface area contributed by atoms with E-state index in [1.54, 1.807) is 0 Å². The van der Waals surface area contributed by atoms with E-state index in [9.17, 15) is 4.79 Å². The average Bonchev–Trinajstić information content (AvgIpc) is 2.11. The number of carbonyl (C=O) groups is 1. The van der Waals surface area contributed by atoms with E-state index in [0.29, 0.717) is 12.6 Å². The molecule has 14 heavy (non-hydrogen) atoms. The van der Waals surface area contributed by atoms with Crippen molar-refractivity contribution in [1.29, 1.82) is 0 Å². The molecule has 0 aromatic rings. The largest absolute Gasteiger partial charge is 0.353 e. The molecular weight excluding hydrogens is 176 g/mol. The Kier molecular flexibility index (Phi) is 7.48. The maximum absolute atomic E-state index is 11.3. The molecule has 0 rings (SSSR count). The van der Waals surface area contributed by atoms with Crippen molar-refractivity contribution in [3.63, 3.8) is 0 Å². The molecule has 0 aliphatic heterocycles. The highest BCUT2D eigenvalue weighted by atomic mass is 16.1. The molecule has 0 saturated heterocycles. The molecule has 84 valence electrons. The fourth-order valence-corrected chi connectivity index (χ4v) is 1.41. The lowest BCUT2D eigenvalue weighted by atomic mass is 10.1. The van der Waals surface area contributed by atoms with Crippen molar-refractivity contribution in [1.82, 2.24) is 10.6 Å². The molecule has 0 aromatic heterocycles. The summed E-state index contributed by atoms with van der Waals surface area (Å²) >= 11 is 0. The van der Waals surface area contributed by atoms with E-state index in [4.69, 9.17) is 0 Å². The van der Waals surface area contributed by atoms with Gasteiger partial charge in [-0.1, -0.05) is 20.3 Å². The Morgan fingerprint density at radius 2 is 1.93 bits per heavy atom. The van der Waals surface area contributed by atoms with Gasteiger partial charge < -0.3 is 10.6 Å². The second-order valence-electron chi connectivity index (χ2n) is 4.00.